The molecule has 3 rings (SSSR count). The van der Waals surface area contributed by atoms with Crippen LogP contribution in [0.4, 0.5) is 5.69 Å². The average Bonchev–Trinajstić information content (AvgIpc) is 3.33. The predicted molar refractivity (Wildman–Crippen MR) is 127 cm³/mol. The van der Waals surface area contributed by atoms with E-state index < -0.39 is 5.91 Å². The summed E-state index contributed by atoms with van der Waals surface area (Å²) in [5.41, 5.74) is 9.71. The van der Waals surface area contributed by atoms with Gasteiger partial charge in [0.2, 0.25) is 0 Å². The third-order valence-corrected chi connectivity index (χ3v) is 6.05. The number of hydrogen-bond acceptors (Lipinski definition) is 6. The van der Waals surface area contributed by atoms with E-state index in [1.54, 1.807) is 26.0 Å². The molecule has 32 heavy (non-hydrogen) atoms. The first-order valence-electron chi connectivity index (χ1n) is 10.2. The van der Waals surface area contributed by atoms with Crippen LogP contribution in [-0.2, 0) is 4.79 Å². The fourth-order valence-corrected chi connectivity index (χ4v) is 3.96. The Bertz CT molecular complexity index is 1150. The molecule has 0 fully saturated rings. The van der Waals surface area contributed by atoms with Crippen molar-refractivity contribution in [1.29, 1.82) is 0 Å². The molecule has 0 unspecified atom stereocenters. The van der Waals surface area contributed by atoms with Crippen LogP contribution in [0.3, 0.4) is 0 Å². The Morgan fingerprint density at radius 1 is 0.969 bits per heavy atom. The quantitative estimate of drug-likeness (QED) is 0.461. The minimum absolute atomic E-state index is 0.00931. The number of aryl methyl sites for hydroxylation is 2. The molecule has 0 spiro atoms. The molecule has 0 bridgehead atoms. The number of nitrogens with zero attached hydrogens (tertiary/aromatic N) is 2. The second kappa shape index (κ2) is 9.35. The summed E-state index contributed by atoms with van der Waals surface area (Å²) in [4.78, 5) is 38.4. The molecule has 1 aliphatic heterocycles. The minimum atomic E-state index is -0.399. The van der Waals surface area contributed by atoms with Crippen molar-refractivity contribution in [3.05, 3.63) is 62.5 Å². The highest BCUT2D eigenvalue weighted by Gasteiger charge is 2.31. The predicted octanol–water partition coefficient (Wildman–Crippen LogP) is 3.43. The van der Waals surface area contributed by atoms with Gasteiger partial charge in [-0.15, -0.1) is 11.3 Å². The van der Waals surface area contributed by atoms with Crippen molar-refractivity contribution >= 4 is 40.5 Å². The summed E-state index contributed by atoms with van der Waals surface area (Å²) in [6.45, 7) is 11.2. The third-order valence-electron chi connectivity index (χ3n) is 4.96. The minimum Gasteiger partial charge on any atom is -0.349 e. The number of rotatable bonds is 6. The van der Waals surface area contributed by atoms with Gasteiger partial charge >= 0.3 is 0 Å². The number of benzene rings is 1. The number of anilines is 1. The van der Waals surface area contributed by atoms with Crippen molar-refractivity contribution < 1.29 is 14.4 Å². The third kappa shape index (κ3) is 4.88. The SMILES string of the molecule is CC1=NN(c2ccc(C)c(C)c2)C(=O)/C1=C(/C)NNC(=O)c1ccc(C(=O)NC(C)C)s1. The van der Waals surface area contributed by atoms with E-state index in [2.05, 4.69) is 21.3 Å². The molecule has 0 atom stereocenters. The van der Waals surface area contributed by atoms with Crippen molar-refractivity contribution in [2.75, 3.05) is 5.01 Å². The molecule has 8 nitrogen and oxygen atoms in total. The average molecular weight is 454 g/mol. The number of amides is 3. The molecule has 1 aromatic heterocycles. The lowest BCUT2D eigenvalue weighted by molar-refractivity contribution is -0.114. The van der Waals surface area contributed by atoms with Crippen LogP contribution in [0, 0.1) is 13.8 Å². The Kier molecular flexibility index (Phi) is 6.78. The van der Waals surface area contributed by atoms with Crippen LogP contribution < -0.4 is 21.2 Å². The van der Waals surface area contributed by atoms with Crippen molar-refractivity contribution in [2.24, 2.45) is 5.10 Å². The van der Waals surface area contributed by atoms with Crippen molar-refractivity contribution in [2.45, 2.75) is 47.6 Å². The molecule has 0 saturated carbocycles. The van der Waals surface area contributed by atoms with Crippen LogP contribution in [-0.4, -0.2) is 29.5 Å². The normalized spacial score (nSPS) is 15.0. The molecule has 1 aliphatic rings. The molecule has 0 radical (unpaired) electrons. The van der Waals surface area contributed by atoms with Gasteiger partial charge in [0, 0.05) is 11.7 Å². The lowest BCUT2D eigenvalue weighted by Gasteiger charge is -2.14. The van der Waals surface area contributed by atoms with E-state index in [9.17, 15) is 14.4 Å². The summed E-state index contributed by atoms with van der Waals surface area (Å²) in [5.74, 6) is -0.886. The van der Waals surface area contributed by atoms with Gasteiger partial charge in [-0.1, -0.05) is 6.07 Å². The molecular formula is C23H27N5O3S. The summed E-state index contributed by atoms with van der Waals surface area (Å²) < 4.78 is 0. The maximum Gasteiger partial charge on any atom is 0.282 e. The molecule has 9 heteroatoms. The van der Waals surface area contributed by atoms with E-state index in [1.165, 1.54) is 5.01 Å². The molecule has 3 N–H and O–H groups in total. The van der Waals surface area contributed by atoms with Crippen molar-refractivity contribution in [3.8, 4) is 0 Å². The Morgan fingerprint density at radius 2 is 1.62 bits per heavy atom. The Morgan fingerprint density at radius 3 is 2.25 bits per heavy atom. The smallest absolute Gasteiger partial charge is 0.282 e. The molecule has 2 heterocycles. The zero-order valence-electron chi connectivity index (χ0n) is 19.0. The van der Waals surface area contributed by atoms with Crippen molar-refractivity contribution in [1.82, 2.24) is 16.2 Å². The number of hydrazine groups is 1. The molecule has 0 saturated heterocycles. The number of thiophene rings is 1. The first kappa shape index (κ1) is 23.2. The highest BCUT2D eigenvalue weighted by atomic mass is 32.1. The lowest BCUT2D eigenvalue weighted by Crippen LogP contribution is -2.37. The highest BCUT2D eigenvalue weighted by molar-refractivity contribution is 7.15. The number of nitrogens with one attached hydrogen (secondary N) is 3. The van der Waals surface area contributed by atoms with Gasteiger partial charge in [-0.3, -0.25) is 19.8 Å². The maximum atomic E-state index is 13.0. The fraction of sp³-hybridized carbons (Fsp3) is 0.304. The van der Waals surface area contributed by atoms with Gasteiger partial charge in [0.05, 0.1) is 26.7 Å². The van der Waals surface area contributed by atoms with E-state index in [4.69, 9.17) is 0 Å². The van der Waals surface area contributed by atoms with Crippen LogP contribution in [0.15, 0.2) is 46.7 Å². The maximum absolute atomic E-state index is 13.0. The largest absolute Gasteiger partial charge is 0.349 e. The van der Waals surface area contributed by atoms with Gasteiger partial charge in [-0.25, -0.2) is 0 Å². The van der Waals surface area contributed by atoms with Crippen LogP contribution >= 0.6 is 11.3 Å². The summed E-state index contributed by atoms with van der Waals surface area (Å²) >= 11 is 1.10. The van der Waals surface area contributed by atoms with E-state index in [-0.39, 0.29) is 17.9 Å². The van der Waals surface area contributed by atoms with E-state index >= 15 is 0 Å². The van der Waals surface area contributed by atoms with Gasteiger partial charge in [0.15, 0.2) is 0 Å². The second-order valence-corrected chi connectivity index (χ2v) is 9.03. The van der Waals surface area contributed by atoms with Gasteiger partial charge in [0.1, 0.15) is 0 Å². The number of carbonyl (C=O) groups is 3. The van der Waals surface area contributed by atoms with Crippen LogP contribution in [0.5, 0.6) is 0 Å². The monoisotopic (exact) mass is 453 g/mol. The standard InChI is InChI=1S/C23H27N5O3S/c1-12(2)24-21(29)18-9-10-19(32-18)22(30)26-25-15(5)20-16(6)27-28(23(20)31)17-8-7-13(3)14(4)11-17/h7-12,25H,1-6H3,(H,24,29)(H,26,30)/b20-15-. The highest BCUT2D eigenvalue weighted by Crippen LogP contribution is 2.26. The van der Waals surface area contributed by atoms with Gasteiger partial charge in [-0.05, 0) is 76.9 Å². The Labute approximate surface area is 191 Å². The lowest BCUT2D eigenvalue weighted by atomic mass is 10.1. The number of hydrogen-bond donors (Lipinski definition) is 3. The summed E-state index contributed by atoms with van der Waals surface area (Å²) in [5, 5.41) is 8.55. The second-order valence-electron chi connectivity index (χ2n) is 7.94. The van der Waals surface area contributed by atoms with Crippen LogP contribution in [0.25, 0.3) is 0 Å². The summed E-state index contributed by atoms with van der Waals surface area (Å²) in [7, 11) is 0. The Balaban J connectivity index is 1.69. The van der Waals surface area contributed by atoms with E-state index in [0.717, 1.165) is 22.5 Å². The first-order chi connectivity index (χ1) is 15.1. The van der Waals surface area contributed by atoms with E-state index in [0.29, 0.717) is 32.4 Å². The molecule has 168 valence electrons. The van der Waals surface area contributed by atoms with Crippen LogP contribution in [0.2, 0.25) is 0 Å². The Hall–Kier alpha value is -3.46. The molecule has 2 aromatic rings. The summed E-state index contributed by atoms with van der Waals surface area (Å²) in [6, 6.07) is 8.94. The molecular weight excluding hydrogens is 426 g/mol. The van der Waals surface area contributed by atoms with Crippen molar-refractivity contribution in [3.63, 3.8) is 0 Å². The molecule has 0 aliphatic carbocycles. The van der Waals surface area contributed by atoms with Gasteiger partial charge < -0.3 is 10.7 Å². The number of carbonyl (C=O) groups excluding carboxylic acids is 3. The zero-order valence-corrected chi connectivity index (χ0v) is 19.8. The number of allylic oxidation sites excluding steroid dienone is 1. The van der Waals surface area contributed by atoms with E-state index in [1.807, 2.05) is 45.9 Å². The van der Waals surface area contributed by atoms with Gasteiger partial charge in [-0.2, -0.15) is 10.1 Å². The first-order valence-corrected chi connectivity index (χ1v) is 11.1. The molecule has 3 amide bonds. The molecule has 1 aromatic carbocycles. The van der Waals surface area contributed by atoms with Crippen LogP contribution in [0.1, 0.15) is 58.2 Å². The number of hydrazone groups is 1. The summed E-state index contributed by atoms with van der Waals surface area (Å²) in [6.07, 6.45) is 0. The topological polar surface area (TPSA) is 103 Å². The fourth-order valence-electron chi connectivity index (χ4n) is 3.16. The van der Waals surface area contributed by atoms with Gasteiger partial charge in [0.25, 0.3) is 17.7 Å². The zero-order chi connectivity index (χ0) is 23.6.